The molecule has 17 heavy (non-hydrogen) atoms. The maximum atomic E-state index is 11.8. The summed E-state index contributed by atoms with van der Waals surface area (Å²) in [5.74, 6) is 0.678. The molecule has 1 heterocycles. The molecular weight excluding hydrogens is 238 g/mol. The Morgan fingerprint density at radius 1 is 1.41 bits per heavy atom. The molecule has 1 N–H and O–H groups in total. The number of carbonyl (C=O) groups is 1. The first-order chi connectivity index (χ1) is 8.16. The van der Waals surface area contributed by atoms with Crippen molar-refractivity contribution in [3.8, 4) is 0 Å². The first kappa shape index (κ1) is 11.7. The van der Waals surface area contributed by atoms with E-state index in [2.05, 4.69) is 10.3 Å². The van der Waals surface area contributed by atoms with Crippen LogP contribution in [0.3, 0.4) is 0 Å². The molecule has 0 unspecified atom stereocenters. The third-order valence-electron chi connectivity index (χ3n) is 2.43. The lowest BCUT2D eigenvalue weighted by Crippen LogP contribution is -2.24. The summed E-state index contributed by atoms with van der Waals surface area (Å²) < 4.78 is 1.86. The van der Waals surface area contributed by atoms with E-state index < -0.39 is 0 Å². The predicted octanol–water partition coefficient (Wildman–Crippen LogP) is 2.00. The van der Waals surface area contributed by atoms with Crippen LogP contribution in [0, 0.1) is 0 Å². The van der Waals surface area contributed by atoms with E-state index in [0.717, 1.165) is 5.82 Å². The molecule has 5 heteroatoms. The quantitative estimate of drug-likeness (QED) is 0.905. The summed E-state index contributed by atoms with van der Waals surface area (Å²) in [6.45, 7) is 0.408. The SMILES string of the molecule is Cn1ccnc1CNC(=O)c1ccc(Cl)cc1. The fraction of sp³-hybridized carbons (Fsp3) is 0.167. The van der Waals surface area contributed by atoms with E-state index >= 15 is 0 Å². The molecule has 0 aliphatic heterocycles. The number of carbonyl (C=O) groups excluding carboxylic acids is 1. The smallest absolute Gasteiger partial charge is 0.251 e. The van der Waals surface area contributed by atoms with Crippen LogP contribution in [-0.2, 0) is 13.6 Å². The van der Waals surface area contributed by atoms with Crippen molar-refractivity contribution < 1.29 is 4.79 Å². The maximum absolute atomic E-state index is 11.8. The first-order valence-electron chi connectivity index (χ1n) is 5.17. The maximum Gasteiger partial charge on any atom is 0.251 e. The highest BCUT2D eigenvalue weighted by Gasteiger charge is 2.06. The van der Waals surface area contributed by atoms with E-state index in [1.165, 1.54) is 0 Å². The number of nitrogens with one attached hydrogen (secondary N) is 1. The van der Waals surface area contributed by atoms with Gasteiger partial charge in [-0.15, -0.1) is 0 Å². The monoisotopic (exact) mass is 249 g/mol. The normalized spacial score (nSPS) is 10.2. The predicted molar refractivity (Wildman–Crippen MR) is 65.8 cm³/mol. The number of hydrogen-bond donors (Lipinski definition) is 1. The number of nitrogens with zero attached hydrogens (tertiary/aromatic N) is 2. The van der Waals surface area contributed by atoms with Gasteiger partial charge in [0.1, 0.15) is 5.82 Å². The van der Waals surface area contributed by atoms with Gasteiger partial charge in [-0.3, -0.25) is 4.79 Å². The molecule has 0 saturated heterocycles. The summed E-state index contributed by atoms with van der Waals surface area (Å²) in [5.41, 5.74) is 0.587. The van der Waals surface area contributed by atoms with Crippen LogP contribution in [0.15, 0.2) is 36.7 Å². The van der Waals surface area contributed by atoms with Gasteiger partial charge in [-0.2, -0.15) is 0 Å². The van der Waals surface area contributed by atoms with Gasteiger partial charge in [0.25, 0.3) is 5.91 Å². The molecule has 1 aromatic heterocycles. The van der Waals surface area contributed by atoms with Crippen molar-refractivity contribution in [3.63, 3.8) is 0 Å². The average Bonchev–Trinajstić information content (AvgIpc) is 2.73. The standard InChI is InChI=1S/C12H12ClN3O/c1-16-7-6-14-11(16)8-15-12(17)9-2-4-10(13)5-3-9/h2-7H,8H2,1H3,(H,15,17). The summed E-state index contributed by atoms with van der Waals surface area (Å²) in [5, 5.41) is 3.41. The lowest BCUT2D eigenvalue weighted by molar-refractivity contribution is 0.0949. The molecule has 0 spiro atoms. The zero-order valence-corrected chi connectivity index (χ0v) is 10.1. The molecular formula is C12H12ClN3O. The molecule has 0 aliphatic carbocycles. The number of halogens is 1. The van der Waals surface area contributed by atoms with Crippen LogP contribution in [0.4, 0.5) is 0 Å². The summed E-state index contributed by atoms with van der Waals surface area (Å²) >= 11 is 5.75. The Labute approximate surface area is 104 Å². The van der Waals surface area contributed by atoms with E-state index in [0.29, 0.717) is 17.1 Å². The van der Waals surface area contributed by atoms with Crippen molar-refractivity contribution in [2.75, 3.05) is 0 Å². The van der Waals surface area contributed by atoms with Crippen LogP contribution in [0.2, 0.25) is 5.02 Å². The second kappa shape index (κ2) is 5.01. The molecule has 0 bridgehead atoms. The van der Waals surface area contributed by atoms with Crippen molar-refractivity contribution in [2.45, 2.75) is 6.54 Å². The fourth-order valence-corrected chi connectivity index (χ4v) is 1.56. The third kappa shape index (κ3) is 2.85. The number of imidazole rings is 1. The second-order valence-electron chi connectivity index (χ2n) is 3.64. The van der Waals surface area contributed by atoms with Crippen molar-refractivity contribution in [1.29, 1.82) is 0 Å². The van der Waals surface area contributed by atoms with Crippen LogP contribution in [0.1, 0.15) is 16.2 Å². The van der Waals surface area contributed by atoms with Gasteiger partial charge >= 0.3 is 0 Å². The molecule has 2 aromatic rings. The Morgan fingerprint density at radius 2 is 2.12 bits per heavy atom. The van der Waals surface area contributed by atoms with Crippen molar-refractivity contribution in [2.24, 2.45) is 7.05 Å². The highest BCUT2D eigenvalue weighted by molar-refractivity contribution is 6.30. The van der Waals surface area contributed by atoms with Gasteiger partial charge in [-0.25, -0.2) is 4.98 Å². The van der Waals surface area contributed by atoms with Crippen molar-refractivity contribution >= 4 is 17.5 Å². The Balaban J connectivity index is 1.98. The van der Waals surface area contributed by atoms with E-state index in [-0.39, 0.29) is 5.91 Å². The molecule has 0 fully saturated rings. The van der Waals surface area contributed by atoms with Crippen LogP contribution in [0.25, 0.3) is 0 Å². The minimum Gasteiger partial charge on any atom is -0.345 e. The largest absolute Gasteiger partial charge is 0.345 e. The summed E-state index contributed by atoms with van der Waals surface area (Å²) in [7, 11) is 1.89. The molecule has 1 amide bonds. The van der Waals surface area contributed by atoms with E-state index in [9.17, 15) is 4.79 Å². The number of aromatic nitrogens is 2. The van der Waals surface area contributed by atoms with Crippen LogP contribution in [0.5, 0.6) is 0 Å². The third-order valence-corrected chi connectivity index (χ3v) is 2.69. The molecule has 0 atom stereocenters. The molecule has 2 rings (SSSR count). The zero-order valence-electron chi connectivity index (χ0n) is 9.35. The summed E-state index contributed by atoms with van der Waals surface area (Å²) in [4.78, 5) is 15.9. The highest BCUT2D eigenvalue weighted by Crippen LogP contribution is 2.09. The summed E-state index contributed by atoms with van der Waals surface area (Å²) in [6, 6.07) is 6.76. The molecule has 0 radical (unpaired) electrons. The highest BCUT2D eigenvalue weighted by atomic mass is 35.5. The van der Waals surface area contributed by atoms with Crippen molar-refractivity contribution in [1.82, 2.24) is 14.9 Å². The molecule has 4 nitrogen and oxygen atoms in total. The number of rotatable bonds is 3. The van der Waals surface area contributed by atoms with Gasteiger partial charge in [-0.05, 0) is 24.3 Å². The number of hydrogen-bond acceptors (Lipinski definition) is 2. The Bertz CT molecular complexity index is 519. The van der Waals surface area contributed by atoms with Crippen LogP contribution >= 0.6 is 11.6 Å². The summed E-state index contributed by atoms with van der Waals surface area (Å²) in [6.07, 6.45) is 3.54. The van der Waals surface area contributed by atoms with E-state index in [4.69, 9.17) is 11.6 Å². The topological polar surface area (TPSA) is 46.9 Å². The number of amides is 1. The van der Waals surface area contributed by atoms with Crippen LogP contribution in [-0.4, -0.2) is 15.5 Å². The number of aryl methyl sites for hydroxylation is 1. The molecule has 1 aromatic carbocycles. The Morgan fingerprint density at radius 3 is 2.71 bits per heavy atom. The minimum absolute atomic E-state index is 0.135. The van der Waals surface area contributed by atoms with Crippen molar-refractivity contribution in [3.05, 3.63) is 53.1 Å². The molecule has 88 valence electrons. The average molecular weight is 250 g/mol. The molecule has 0 saturated carbocycles. The van der Waals surface area contributed by atoms with Gasteiger partial charge in [0.2, 0.25) is 0 Å². The van der Waals surface area contributed by atoms with Gasteiger partial charge in [0.15, 0.2) is 0 Å². The van der Waals surface area contributed by atoms with Crippen LogP contribution < -0.4 is 5.32 Å². The first-order valence-corrected chi connectivity index (χ1v) is 5.54. The Kier molecular flexibility index (Phi) is 3.44. The zero-order chi connectivity index (χ0) is 12.3. The Hall–Kier alpha value is -1.81. The van der Waals surface area contributed by atoms with Gasteiger partial charge in [0, 0.05) is 30.0 Å². The lowest BCUT2D eigenvalue weighted by Gasteiger charge is -2.05. The minimum atomic E-state index is -0.135. The van der Waals surface area contributed by atoms with Gasteiger partial charge in [0.05, 0.1) is 6.54 Å². The van der Waals surface area contributed by atoms with Gasteiger partial charge < -0.3 is 9.88 Å². The fourth-order valence-electron chi connectivity index (χ4n) is 1.43. The van der Waals surface area contributed by atoms with E-state index in [1.807, 2.05) is 17.8 Å². The van der Waals surface area contributed by atoms with Gasteiger partial charge in [-0.1, -0.05) is 11.6 Å². The second-order valence-corrected chi connectivity index (χ2v) is 4.08. The number of benzene rings is 1. The molecule has 0 aliphatic rings. The lowest BCUT2D eigenvalue weighted by atomic mass is 10.2. The van der Waals surface area contributed by atoms with E-state index in [1.54, 1.807) is 30.5 Å².